The molecule has 0 unspecified atom stereocenters. The highest BCUT2D eigenvalue weighted by Gasteiger charge is 2.46. The van der Waals surface area contributed by atoms with E-state index in [4.69, 9.17) is 5.26 Å². The predicted molar refractivity (Wildman–Crippen MR) is 51.9 cm³/mol. The Morgan fingerprint density at radius 1 is 1.46 bits per heavy atom. The molecule has 0 heterocycles. The van der Waals surface area contributed by atoms with Crippen LogP contribution in [-0.4, -0.2) is 5.11 Å². The monoisotopic (exact) mass is 191 g/mol. The Kier molecular flexibility index (Phi) is 1.74. The van der Waals surface area contributed by atoms with Gasteiger partial charge < -0.3 is 5.11 Å². The molecule has 1 saturated carbocycles. The molecule has 0 bridgehead atoms. The summed E-state index contributed by atoms with van der Waals surface area (Å²) in [6.45, 7) is 0. The standard InChI is InChI=1S/C10H9NOS/c11-6-10(3-4-10)8-5-7(13)1-2-9(8)12/h1-2,5,12-13H,3-4H2. The van der Waals surface area contributed by atoms with Gasteiger partial charge in [0.15, 0.2) is 0 Å². The highest BCUT2D eigenvalue weighted by molar-refractivity contribution is 7.80. The summed E-state index contributed by atoms with van der Waals surface area (Å²) in [5.74, 6) is 0.205. The van der Waals surface area contributed by atoms with Crippen molar-refractivity contribution < 1.29 is 5.11 Å². The van der Waals surface area contributed by atoms with Crippen LogP contribution in [-0.2, 0) is 5.41 Å². The SMILES string of the molecule is N#CC1(c2cc(S)ccc2O)CC1. The minimum Gasteiger partial charge on any atom is -0.508 e. The second kappa shape index (κ2) is 2.68. The van der Waals surface area contributed by atoms with Crippen LogP contribution in [0.1, 0.15) is 18.4 Å². The van der Waals surface area contributed by atoms with Crippen LogP contribution < -0.4 is 0 Å². The Balaban J connectivity index is 2.52. The number of hydrogen-bond acceptors (Lipinski definition) is 3. The molecule has 0 saturated heterocycles. The molecule has 0 spiro atoms. The molecule has 1 aliphatic rings. The zero-order valence-electron chi connectivity index (χ0n) is 6.99. The summed E-state index contributed by atoms with van der Waals surface area (Å²) in [6, 6.07) is 7.33. The lowest BCUT2D eigenvalue weighted by Crippen LogP contribution is -2.02. The Morgan fingerprint density at radius 2 is 2.15 bits per heavy atom. The summed E-state index contributed by atoms with van der Waals surface area (Å²) in [7, 11) is 0. The topological polar surface area (TPSA) is 44.0 Å². The maximum atomic E-state index is 9.56. The van der Waals surface area contributed by atoms with E-state index in [9.17, 15) is 5.11 Å². The first-order chi connectivity index (χ1) is 6.18. The molecule has 0 atom stereocenters. The molecule has 66 valence electrons. The van der Waals surface area contributed by atoms with Gasteiger partial charge in [-0.1, -0.05) is 0 Å². The number of rotatable bonds is 1. The van der Waals surface area contributed by atoms with Gasteiger partial charge in [-0.3, -0.25) is 0 Å². The van der Waals surface area contributed by atoms with E-state index in [1.165, 1.54) is 0 Å². The van der Waals surface area contributed by atoms with Crippen molar-refractivity contribution in [2.75, 3.05) is 0 Å². The van der Waals surface area contributed by atoms with Gasteiger partial charge in [-0.15, -0.1) is 12.6 Å². The van der Waals surface area contributed by atoms with Crippen molar-refractivity contribution in [3.63, 3.8) is 0 Å². The molecule has 1 aromatic rings. The summed E-state index contributed by atoms with van der Waals surface area (Å²) >= 11 is 4.18. The van der Waals surface area contributed by atoms with Crippen molar-refractivity contribution in [2.24, 2.45) is 0 Å². The summed E-state index contributed by atoms with van der Waals surface area (Å²) in [6.07, 6.45) is 1.68. The lowest BCUT2D eigenvalue weighted by atomic mass is 9.97. The quantitative estimate of drug-likeness (QED) is 0.668. The maximum absolute atomic E-state index is 9.56. The fraction of sp³-hybridized carbons (Fsp3) is 0.300. The first-order valence-electron chi connectivity index (χ1n) is 4.12. The molecule has 1 aliphatic carbocycles. The number of benzene rings is 1. The minimum atomic E-state index is -0.428. The summed E-state index contributed by atoms with van der Waals surface area (Å²) in [5.41, 5.74) is 0.297. The van der Waals surface area contributed by atoms with Gasteiger partial charge in [0.1, 0.15) is 5.75 Å². The number of thiol groups is 1. The second-order valence-corrected chi connectivity index (χ2v) is 3.91. The Bertz CT molecular complexity index is 390. The number of nitrogens with zero attached hydrogens (tertiary/aromatic N) is 1. The van der Waals surface area contributed by atoms with Crippen LogP contribution >= 0.6 is 12.6 Å². The highest BCUT2D eigenvalue weighted by atomic mass is 32.1. The molecule has 0 amide bonds. The van der Waals surface area contributed by atoms with E-state index in [-0.39, 0.29) is 5.75 Å². The van der Waals surface area contributed by atoms with Crippen LogP contribution in [0.5, 0.6) is 5.75 Å². The maximum Gasteiger partial charge on any atom is 0.120 e. The van der Waals surface area contributed by atoms with Crippen molar-refractivity contribution in [1.29, 1.82) is 5.26 Å². The molecule has 3 heteroatoms. The summed E-state index contributed by atoms with van der Waals surface area (Å²) in [4.78, 5) is 0.786. The molecular weight excluding hydrogens is 182 g/mol. The van der Waals surface area contributed by atoms with E-state index >= 15 is 0 Å². The second-order valence-electron chi connectivity index (χ2n) is 3.40. The number of nitriles is 1. The van der Waals surface area contributed by atoms with E-state index in [0.29, 0.717) is 0 Å². The van der Waals surface area contributed by atoms with E-state index in [1.807, 2.05) is 0 Å². The normalized spacial score (nSPS) is 17.8. The number of phenols is 1. The van der Waals surface area contributed by atoms with Crippen LogP contribution in [0.2, 0.25) is 0 Å². The average Bonchev–Trinajstić information content (AvgIpc) is 2.90. The third-order valence-electron chi connectivity index (χ3n) is 2.46. The Hall–Kier alpha value is -1.14. The van der Waals surface area contributed by atoms with E-state index in [0.717, 1.165) is 23.3 Å². The third kappa shape index (κ3) is 1.27. The van der Waals surface area contributed by atoms with Gasteiger partial charge >= 0.3 is 0 Å². The first-order valence-corrected chi connectivity index (χ1v) is 4.56. The van der Waals surface area contributed by atoms with E-state index in [1.54, 1.807) is 18.2 Å². The lowest BCUT2D eigenvalue weighted by Gasteiger charge is -2.08. The zero-order chi connectivity index (χ0) is 9.47. The van der Waals surface area contributed by atoms with Crippen molar-refractivity contribution >= 4 is 12.6 Å². The molecule has 13 heavy (non-hydrogen) atoms. The predicted octanol–water partition coefficient (Wildman–Crippen LogP) is 2.24. The van der Waals surface area contributed by atoms with Gasteiger partial charge in [0.25, 0.3) is 0 Å². The first kappa shape index (κ1) is 8.46. The van der Waals surface area contributed by atoms with Gasteiger partial charge in [-0.25, -0.2) is 0 Å². The fourth-order valence-corrected chi connectivity index (χ4v) is 1.68. The fourth-order valence-electron chi connectivity index (χ4n) is 1.47. The smallest absolute Gasteiger partial charge is 0.120 e. The van der Waals surface area contributed by atoms with Crippen LogP contribution in [0.25, 0.3) is 0 Å². The molecular formula is C10H9NOS. The van der Waals surface area contributed by atoms with Gasteiger partial charge in [0.2, 0.25) is 0 Å². The van der Waals surface area contributed by atoms with E-state index < -0.39 is 5.41 Å². The third-order valence-corrected chi connectivity index (χ3v) is 2.74. The van der Waals surface area contributed by atoms with Gasteiger partial charge in [-0.2, -0.15) is 5.26 Å². The van der Waals surface area contributed by atoms with Crippen molar-refractivity contribution in [1.82, 2.24) is 0 Å². The average molecular weight is 191 g/mol. The van der Waals surface area contributed by atoms with Crippen LogP contribution in [0.15, 0.2) is 23.1 Å². The summed E-state index contributed by atoms with van der Waals surface area (Å²) < 4.78 is 0. The molecule has 0 aromatic heterocycles. The van der Waals surface area contributed by atoms with Crippen molar-refractivity contribution in [3.05, 3.63) is 23.8 Å². The Morgan fingerprint density at radius 3 is 2.69 bits per heavy atom. The molecule has 2 rings (SSSR count). The Labute approximate surface area is 82.2 Å². The molecule has 0 aliphatic heterocycles. The number of aromatic hydroxyl groups is 1. The molecule has 2 nitrogen and oxygen atoms in total. The molecule has 1 fully saturated rings. The lowest BCUT2D eigenvalue weighted by molar-refractivity contribution is 0.464. The van der Waals surface area contributed by atoms with Gasteiger partial charge in [-0.05, 0) is 31.0 Å². The van der Waals surface area contributed by atoms with Gasteiger partial charge in [0.05, 0.1) is 11.5 Å². The van der Waals surface area contributed by atoms with Gasteiger partial charge in [0, 0.05) is 10.5 Å². The number of hydrogen-bond donors (Lipinski definition) is 2. The minimum absolute atomic E-state index is 0.205. The molecule has 0 radical (unpaired) electrons. The molecule has 1 aromatic carbocycles. The van der Waals surface area contributed by atoms with Crippen LogP contribution in [0, 0.1) is 11.3 Å². The van der Waals surface area contributed by atoms with Crippen LogP contribution in [0.4, 0.5) is 0 Å². The van der Waals surface area contributed by atoms with E-state index in [2.05, 4.69) is 18.7 Å². The van der Waals surface area contributed by atoms with Crippen LogP contribution in [0.3, 0.4) is 0 Å². The zero-order valence-corrected chi connectivity index (χ0v) is 7.88. The summed E-state index contributed by atoms with van der Waals surface area (Å²) in [5, 5.41) is 18.5. The highest BCUT2D eigenvalue weighted by Crippen LogP contribution is 2.50. The van der Waals surface area contributed by atoms with Crippen molar-refractivity contribution in [3.8, 4) is 11.8 Å². The largest absolute Gasteiger partial charge is 0.508 e. The van der Waals surface area contributed by atoms with Crippen molar-refractivity contribution in [2.45, 2.75) is 23.2 Å². The number of phenolic OH excluding ortho intramolecular Hbond substituents is 1. The molecule has 1 N–H and O–H groups in total.